The second-order valence-corrected chi connectivity index (χ2v) is 5.02. The highest BCUT2D eigenvalue weighted by atomic mass is 15.3. The molecular formula is C15H18N4. The maximum absolute atomic E-state index is 9.23. The van der Waals surface area contributed by atoms with Crippen LogP contribution in [0.2, 0.25) is 0 Å². The van der Waals surface area contributed by atoms with Crippen molar-refractivity contribution in [3.8, 4) is 6.07 Å². The molecule has 0 fully saturated rings. The van der Waals surface area contributed by atoms with Crippen LogP contribution in [0.1, 0.15) is 42.3 Å². The standard InChI is InChI=1S/C15H18N4/c1-10(2)19-15(17)13(9-16)14(18-19)8-12-6-4-11(3)5-7-12/h4-7,10H,8,17H2,1-3H3. The maximum atomic E-state index is 9.23. The van der Waals surface area contributed by atoms with Gasteiger partial charge in [0.25, 0.3) is 0 Å². The van der Waals surface area contributed by atoms with E-state index in [4.69, 9.17) is 5.73 Å². The summed E-state index contributed by atoms with van der Waals surface area (Å²) in [5.74, 6) is 0.458. The molecule has 98 valence electrons. The van der Waals surface area contributed by atoms with E-state index in [1.807, 2.05) is 13.8 Å². The summed E-state index contributed by atoms with van der Waals surface area (Å²) in [6.45, 7) is 6.05. The molecule has 0 unspecified atom stereocenters. The number of aromatic nitrogens is 2. The number of rotatable bonds is 3. The van der Waals surface area contributed by atoms with Crippen molar-refractivity contribution in [1.29, 1.82) is 5.26 Å². The van der Waals surface area contributed by atoms with Gasteiger partial charge in [-0.25, -0.2) is 4.68 Å². The molecule has 0 aliphatic rings. The van der Waals surface area contributed by atoms with Gasteiger partial charge in [0.15, 0.2) is 0 Å². The van der Waals surface area contributed by atoms with Crippen molar-refractivity contribution in [2.75, 3.05) is 5.73 Å². The summed E-state index contributed by atoms with van der Waals surface area (Å²) < 4.78 is 1.71. The summed E-state index contributed by atoms with van der Waals surface area (Å²) >= 11 is 0. The molecule has 0 atom stereocenters. The zero-order chi connectivity index (χ0) is 14.0. The Kier molecular flexibility index (Phi) is 3.57. The molecule has 2 aromatic rings. The quantitative estimate of drug-likeness (QED) is 0.915. The minimum atomic E-state index is 0.152. The van der Waals surface area contributed by atoms with Gasteiger partial charge >= 0.3 is 0 Å². The molecule has 2 rings (SSSR count). The molecule has 0 amide bonds. The Labute approximate surface area is 113 Å². The van der Waals surface area contributed by atoms with Gasteiger partial charge in [0.05, 0.1) is 5.69 Å². The average Bonchev–Trinajstić information content (AvgIpc) is 2.68. The van der Waals surface area contributed by atoms with Crippen molar-refractivity contribution in [1.82, 2.24) is 9.78 Å². The smallest absolute Gasteiger partial charge is 0.140 e. The van der Waals surface area contributed by atoms with Crippen molar-refractivity contribution in [2.45, 2.75) is 33.2 Å². The summed E-state index contributed by atoms with van der Waals surface area (Å²) in [7, 11) is 0. The maximum Gasteiger partial charge on any atom is 0.140 e. The number of nitrogens with two attached hydrogens (primary N) is 1. The highest BCUT2D eigenvalue weighted by molar-refractivity contribution is 5.53. The van der Waals surface area contributed by atoms with Crippen LogP contribution in [0.5, 0.6) is 0 Å². The van der Waals surface area contributed by atoms with Gasteiger partial charge in [-0.1, -0.05) is 29.8 Å². The van der Waals surface area contributed by atoms with Crippen LogP contribution in [0.15, 0.2) is 24.3 Å². The molecule has 0 aliphatic heterocycles. The van der Waals surface area contributed by atoms with Crippen LogP contribution in [-0.4, -0.2) is 9.78 Å². The Hall–Kier alpha value is -2.28. The number of benzene rings is 1. The second-order valence-electron chi connectivity index (χ2n) is 5.02. The topological polar surface area (TPSA) is 67.6 Å². The number of hydrogen-bond acceptors (Lipinski definition) is 3. The molecule has 2 N–H and O–H groups in total. The lowest BCUT2D eigenvalue weighted by Crippen LogP contribution is -2.07. The molecule has 4 nitrogen and oxygen atoms in total. The molecule has 0 radical (unpaired) electrons. The van der Waals surface area contributed by atoms with Crippen molar-refractivity contribution in [3.63, 3.8) is 0 Å². The summed E-state index contributed by atoms with van der Waals surface area (Å²) in [6.07, 6.45) is 0.632. The molecular weight excluding hydrogens is 236 g/mol. The third kappa shape index (κ3) is 2.60. The molecule has 0 spiro atoms. The molecule has 4 heteroatoms. The molecule has 0 bridgehead atoms. The van der Waals surface area contributed by atoms with E-state index in [1.165, 1.54) is 5.56 Å². The van der Waals surface area contributed by atoms with Crippen molar-refractivity contribution in [2.24, 2.45) is 0 Å². The Morgan fingerprint density at radius 1 is 1.32 bits per heavy atom. The summed E-state index contributed by atoms with van der Waals surface area (Å²) in [6, 6.07) is 10.5. The molecule has 0 aliphatic carbocycles. The number of nitrogens with zero attached hydrogens (tertiary/aromatic N) is 3. The van der Waals surface area contributed by atoms with Crippen LogP contribution < -0.4 is 5.73 Å². The summed E-state index contributed by atoms with van der Waals surface area (Å²) in [5, 5.41) is 13.7. The zero-order valence-corrected chi connectivity index (χ0v) is 11.5. The number of nitriles is 1. The lowest BCUT2D eigenvalue weighted by molar-refractivity contribution is 0.535. The lowest BCUT2D eigenvalue weighted by Gasteiger charge is -2.06. The van der Waals surface area contributed by atoms with E-state index in [-0.39, 0.29) is 6.04 Å². The van der Waals surface area contributed by atoms with Crippen LogP contribution >= 0.6 is 0 Å². The van der Waals surface area contributed by atoms with E-state index in [2.05, 4.69) is 42.4 Å². The first-order valence-electron chi connectivity index (χ1n) is 6.35. The number of nitrogen functional groups attached to an aromatic ring is 1. The van der Waals surface area contributed by atoms with Crippen molar-refractivity contribution in [3.05, 3.63) is 46.6 Å². The predicted octanol–water partition coefficient (Wildman–Crippen LogP) is 2.82. The first-order valence-corrected chi connectivity index (χ1v) is 6.35. The molecule has 0 saturated carbocycles. The third-order valence-corrected chi connectivity index (χ3v) is 3.11. The van der Waals surface area contributed by atoms with Gasteiger partial charge in [-0.05, 0) is 26.3 Å². The zero-order valence-electron chi connectivity index (χ0n) is 11.5. The highest BCUT2D eigenvalue weighted by Gasteiger charge is 2.17. The van der Waals surface area contributed by atoms with Gasteiger partial charge in [0.2, 0.25) is 0 Å². The van der Waals surface area contributed by atoms with E-state index in [0.29, 0.717) is 17.8 Å². The van der Waals surface area contributed by atoms with Crippen LogP contribution in [0.3, 0.4) is 0 Å². The second kappa shape index (κ2) is 5.15. The largest absolute Gasteiger partial charge is 0.383 e. The van der Waals surface area contributed by atoms with E-state index in [9.17, 15) is 5.26 Å². The molecule has 19 heavy (non-hydrogen) atoms. The normalized spacial score (nSPS) is 10.7. The van der Waals surface area contributed by atoms with Crippen LogP contribution in [-0.2, 0) is 6.42 Å². The van der Waals surface area contributed by atoms with E-state index in [0.717, 1.165) is 11.3 Å². The van der Waals surface area contributed by atoms with Gasteiger partial charge in [-0.3, -0.25) is 0 Å². The predicted molar refractivity (Wildman–Crippen MR) is 75.7 cm³/mol. The van der Waals surface area contributed by atoms with Crippen molar-refractivity contribution < 1.29 is 0 Å². The molecule has 0 saturated heterocycles. The van der Waals surface area contributed by atoms with Gasteiger partial charge < -0.3 is 5.73 Å². The fraction of sp³-hybridized carbons (Fsp3) is 0.333. The number of hydrogen-bond donors (Lipinski definition) is 1. The molecule has 1 aromatic carbocycles. The first kappa shape index (κ1) is 13.2. The number of aryl methyl sites for hydroxylation is 1. The van der Waals surface area contributed by atoms with Gasteiger partial charge in [-0.15, -0.1) is 0 Å². The minimum absolute atomic E-state index is 0.152. The Balaban J connectivity index is 2.37. The highest BCUT2D eigenvalue weighted by Crippen LogP contribution is 2.22. The molecule has 1 aromatic heterocycles. The minimum Gasteiger partial charge on any atom is -0.383 e. The van der Waals surface area contributed by atoms with Gasteiger partial charge in [-0.2, -0.15) is 10.4 Å². The van der Waals surface area contributed by atoms with Crippen LogP contribution in [0.25, 0.3) is 0 Å². The van der Waals surface area contributed by atoms with Crippen LogP contribution in [0, 0.1) is 18.3 Å². The average molecular weight is 254 g/mol. The summed E-state index contributed by atoms with van der Waals surface area (Å²) in [5.41, 5.74) is 9.57. The Bertz CT molecular complexity index is 615. The molecule has 1 heterocycles. The SMILES string of the molecule is Cc1ccc(Cc2nn(C(C)C)c(N)c2C#N)cc1. The number of anilines is 1. The third-order valence-electron chi connectivity index (χ3n) is 3.11. The van der Waals surface area contributed by atoms with Crippen molar-refractivity contribution >= 4 is 5.82 Å². The van der Waals surface area contributed by atoms with Gasteiger partial charge in [0.1, 0.15) is 17.5 Å². The van der Waals surface area contributed by atoms with Crippen LogP contribution in [0.4, 0.5) is 5.82 Å². The van der Waals surface area contributed by atoms with E-state index >= 15 is 0 Å². The Morgan fingerprint density at radius 2 is 1.95 bits per heavy atom. The van der Waals surface area contributed by atoms with E-state index in [1.54, 1.807) is 4.68 Å². The lowest BCUT2D eigenvalue weighted by atomic mass is 10.1. The first-order chi connectivity index (χ1) is 9.02. The summed E-state index contributed by atoms with van der Waals surface area (Å²) in [4.78, 5) is 0. The Morgan fingerprint density at radius 3 is 2.47 bits per heavy atom. The monoisotopic (exact) mass is 254 g/mol. The van der Waals surface area contributed by atoms with E-state index < -0.39 is 0 Å². The van der Waals surface area contributed by atoms with Gasteiger partial charge in [0, 0.05) is 12.5 Å². The fourth-order valence-electron chi connectivity index (χ4n) is 2.03. The fourth-order valence-corrected chi connectivity index (χ4v) is 2.03.